The van der Waals surface area contributed by atoms with E-state index in [2.05, 4.69) is 47.4 Å². The number of nitrogens with zero attached hydrogens (tertiary/aromatic N) is 1. The lowest BCUT2D eigenvalue weighted by Crippen LogP contribution is -2.13. The average Bonchev–Trinajstić information content (AvgIpc) is 2.55. The van der Waals surface area contributed by atoms with Crippen LogP contribution in [0.15, 0.2) is 54.7 Å². The van der Waals surface area contributed by atoms with Gasteiger partial charge in [-0.3, -0.25) is 4.98 Å². The van der Waals surface area contributed by atoms with Gasteiger partial charge in [-0.05, 0) is 30.0 Å². The van der Waals surface area contributed by atoms with E-state index in [1.54, 1.807) is 0 Å². The van der Waals surface area contributed by atoms with Gasteiger partial charge in [0.25, 0.3) is 0 Å². The third-order valence-electron chi connectivity index (χ3n) is 4.54. The van der Waals surface area contributed by atoms with Crippen LogP contribution in [-0.4, -0.2) is 4.98 Å². The maximum atomic E-state index is 4.62. The number of hydrogen-bond donors (Lipinski definition) is 0. The Morgan fingerprint density at radius 2 is 1.65 bits per heavy atom. The van der Waals surface area contributed by atoms with E-state index in [4.69, 9.17) is 0 Å². The van der Waals surface area contributed by atoms with Crippen molar-refractivity contribution in [1.29, 1.82) is 0 Å². The normalized spacial score (nSPS) is 17.8. The summed E-state index contributed by atoms with van der Waals surface area (Å²) in [6.45, 7) is 0. The highest BCUT2D eigenvalue weighted by atomic mass is 14.7. The summed E-state index contributed by atoms with van der Waals surface area (Å²) < 4.78 is 0. The molecule has 0 saturated heterocycles. The number of benzene rings is 1. The number of hydrogen-bond acceptors (Lipinski definition) is 1. The summed E-state index contributed by atoms with van der Waals surface area (Å²) in [7, 11) is 0. The molecule has 1 saturated carbocycles. The van der Waals surface area contributed by atoms with Gasteiger partial charge >= 0.3 is 0 Å². The van der Waals surface area contributed by atoms with Crippen molar-refractivity contribution in [2.45, 2.75) is 44.4 Å². The minimum Gasteiger partial charge on any atom is -0.261 e. The van der Waals surface area contributed by atoms with Gasteiger partial charge in [-0.1, -0.05) is 68.5 Å². The molecule has 1 aliphatic rings. The van der Waals surface area contributed by atoms with Crippen LogP contribution in [0.1, 0.15) is 55.7 Å². The monoisotopic (exact) mass is 265 g/mol. The predicted octanol–water partition coefficient (Wildman–Crippen LogP) is 5.18. The Labute approximate surface area is 122 Å². The lowest BCUT2D eigenvalue weighted by atomic mass is 9.79. The van der Waals surface area contributed by atoms with E-state index in [0.29, 0.717) is 5.92 Å². The average molecular weight is 265 g/mol. The molecule has 0 aliphatic heterocycles. The van der Waals surface area contributed by atoms with Crippen molar-refractivity contribution >= 4 is 0 Å². The summed E-state index contributed by atoms with van der Waals surface area (Å²) in [5.41, 5.74) is 2.64. The Kier molecular flexibility index (Phi) is 4.47. The van der Waals surface area contributed by atoms with Crippen LogP contribution < -0.4 is 0 Å². The van der Waals surface area contributed by atoms with Crippen LogP contribution in [-0.2, 0) is 0 Å². The predicted molar refractivity (Wildman–Crippen MR) is 83.7 cm³/mol. The molecule has 1 aromatic carbocycles. The molecule has 0 unspecified atom stereocenters. The summed E-state index contributed by atoms with van der Waals surface area (Å²) in [4.78, 5) is 4.62. The van der Waals surface area contributed by atoms with Crippen molar-refractivity contribution in [2.24, 2.45) is 5.92 Å². The third-order valence-corrected chi connectivity index (χ3v) is 4.54. The van der Waals surface area contributed by atoms with Crippen LogP contribution in [0.3, 0.4) is 0 Å². The number of pyridine rings is 1. The third kappa shape index (κ3) is 3.27. The van der Waals surface area contributed by atoms with E-state index in [9.17, 15) is 0 Å². The molecule has 104 valence electrons. The summed E-state index contributed by atoms with van der Waals surface area (Å²) in [5.74, 6) is 1.33. The highest BCUT2D eigenvalue weighted by Gasteiger charge is 2.22. The van der Waals surface area contributed by atoms with Crippen molar-refractivity contribution < 1.29 is 0 Å². The van der Waals surface area contributed by atoms with Crippen LogP contribution in [0.25, 0.3) is 0 Å². The Hall–Kier alpha value is -1.63. The first-order valence-corrected chi connectivity index (χ1v) is 7.89. The summed E-state index contributed by atoms with van der Waals surface area (Å²) in [5, 5.41) is 0. The van der Waals surface area contributed by atoms with Gasteiger partial charge in [-0.2, -0.15) is 0 Å². The van der Waals surface area contributed by atoms with Crippen LogP contribution in [0, 0.1) is 5.92 Å². The van der Waals surface area contributed by atoms with E-state index in [0.717, 1.165) is 5.92 Å². The second kappa shape index (κ2) is 6.69. The molecule has 2 aromatic rings. The summed E-state index contributed by atoms with van der Waals surface area (Å²) >= 11 is 0. The molecule has 0 radical (unpaired) electrons. The fourth-order valence-electron chi connectivity index (χ4n) is 3.45. The van der Waals surface area contributed by atoms with Crippen molar-refractivity contribution in [1.82, 2.24) is 4.98 Å². The Bertz CT molecular complexity index is 460. The fraction of sp³-hybridized carbons (Fsp3) is 0.421. The number of rotatable bonds is 4. The van der Waals surface area contributed by atoms with Gasteiger partial charge in [-0.25, -0.2) is 0 Å². The van der Waals surface area contributed by atoms with Gasteiger partial charge in [-0.15, -0.1) is 0 Å². The van der Waals surface area contributed by atoms with E-state index in [1.807, 2.05) is 12.3 Å². The minimum atomic E-state index is 0.459. The molecule has 1 atom stereocenters. The quantitative estimate of drug-likeness (QED) is 0.742. The van der Waals surface area contributed by atoms with Gasteiger partial charge in [0.05, 0.1) is 0 Å². The summed E-state index contributed by atoms with van der Waals surface area (Å²) in [6.07, 6.45) is 10.2. The Morgan fingerprint density at radius 3 is 2.35 bits per heavy atom. The molecule has 1 nitrogen and oxygen atoms in total. The van der Waals surface area contributed by atoms with E-state index in [1.165, 1.54) is 49.8 Å². The van der Waals surface area contributed by atoms with E-state index < -0.39 is 0 Å². The minimum absolute atomic E-state index is 0.459. The standard InChI is InChI=1S/C19H23N/c1-3-9-16(10-4-1)15-18(17-11-5-2-6-12-17)19-13-7-8-14-20-19/h2,5-8,11-14,16,18H,1,3-4,9-10,15H2/t18-/m0/s1. The topological polar surface area (TPSA) is 12.9 Å². The van der Waals surface area contributed by atoms with E-state index in [-0.39, 0.29) is 0 Å². The van der Waals surface area contributed by atoms with Crippen LogP contribution >= 0.6 is 0 Å². The van der Waals surface area contributed by atoms with Crippen LogP contribution in [0.5, 0.6) is 0 Å². The van der Waals surface area contributed by atoms with Gasteiger partial charge < -0.3 is 0 Å². The highest BCUT2D eigenvalue weighted by Crippen LogP contribution is 2.35. The molecule has 1 aromatic heterocycles. The molecule has 1 aliphatic carbocycles. The zero-order valence-corrected chi connectivity index (χ0v) is 12.0. The molecular formula is C19H23N. The lowest BCUT2D eigenvalue weighted by molar-refractivity contribution is 0.326. The molecule has 0 N–H and O–H groups in total. The van der Waals surface area contributed by atoms with E-state index >= 15 is 0 Å². The number of aromatic nitrogens is 1. The molecule has 1 heterocycles. The van der Waals surface area contributed by atoms with Crippen molar-refractivity contribution in [2.75, 3.05) is 0 Å². The SMILES string of the molecule is c1ccc([C@H](CC2CCCCC2)c2ccccn2)cc1. The molecule has 1 fully saturated rings. The largest absolute Gasteiger partial charge is 0.261 e. The van der Waals surface area contributed by atoms with Crippen molar-refractivity contribution in [3.63, 3.8) is 0 Å². The zero-order chi connectivity index (χ0) is 13.6. The van der Waals surface area contributed by atoms with Gasteiger partial charge in [0.2, 0.25) is 0 Å². The molecule has 1 heteroatoms. The second-order valence-electron chi connectivity index (χ2n) is 5.96. The van der Waals surface area contributed by atoms with Crippen molar-refractivity contribution in [3.8, 4) is 0 Å². The summed E-state index contributed by atoms with van der Waals surface area (Å²) in [6, 6.07) is 17.2. The smallest absolute Gasteiger partial charge is 0.0478 e. The van der Waals surface area contributed by atoms with Crippen LogP contribution in [0.4, 0.5) is 0 Å². The van der Waals surface area contributed by atoms with Crippen LogP contribution in [0.2, 0.25) is 0 Å². The molecule has 0 amide bonds. The zero-order valence-electron chi connectivity index (χ0n) is 12.0. The molecular weight excluding hydrogens is 242 g/mol. The Morgan fingerprint density at radius 1 is 0.900 bits per heavy atom. The van der Waals surface area contributed by atoms with Crippen molar-refractivity contribution in [3.05, 3.63) is 66.0 Å². The first-order valence-electron chi connectivity index (χ1n) is 7.89. The lowest BCUT2D eigenvalue weighted by Gasteiger charge is -2.26. The first-order chi connectivity index (χ1) is 9.93. The molecule has 3 rings (SSSR count). The second-order valence-corrected chi connectivity index (χ2v) is 5.96. The molecule has 0 spiro atoms. The maximum Gasteiger partial charge on any atom is 0.0478 e. The highest BCUT2D eigenvalue weighted by molar-refractivity contribution is 5.28. The fourth-order valence-corrected chi connectivity index (χ4v) is 3.45. The van der Waals surface area contributed by atoms with Gasteiger partial charge in [0.1, 0.15) is 0 Å². The molecule has 0 bridgehead atoms. The van der Waals surface area contributed by atoms with Gasteiger partial charge in [0, 0.05) is 17.8 Å². The first kappa shape index (κ1) is 13.4. The molecule has 20 heavy (non-hydrogen) atoms. The Balaban J connectivity index is 1.83. The van der Waals surface area contributed by atoms with Gasteiger partial charge in [0.15, 0.2) is 0 Å². The maximum absolute atomic E-state index is 4.62.